The van der Waals surface area contributed by atoms with E-state index in [0.717, 1.165) is 16.4 Å². The van der Waals surface area contributed by atoms with Gasteiger partial charge < -0.3 is 15.1 Å². The summed E-state index contributed by atoms with van der Waals surface area (Å²) >= 11 is 2.10. The number of aliphatic hydroxyl groups is 1. The van der Waals surface area contributed by atoms with Gasteiger partial charge in [-0.25, -0.2) is 0 Å². The first-order valence-electron chi connectivity index (χ1n) is 5.54. The van der Waals surface area contributed by atoms with Gasteiger partial charge in [-0.05, 0) is 53.6 Å². The lowest BCUT2D eigenvalue weighted by molar-refractivity contribution is 0.0674. The molecule has 1 aromatic rings. The van der Waals surface area contributed by atoms with Gasteiger partial charge in [0.2, 0.25) is 0 Å². The van der Waals surface area contributed by atoms with Gasteiger partial charge in [0.25, 0.3) is 5.91 Å². The second-order valence-electron chi connectivity index (χ2n) is 4.14. The second kappa shape index (κ2) is 5.22. The molecule has 0 bridgehead atoms. The van der Waals surface area contributed by atoms with Crippen LogP contribution in [0.5, 0.6) is 5.75 Å². The smallest absolute Gasteiger partial charge is 0.257 e. The average Bonchev–Trinajstić information content (AvgIpc) is 2.79. The van der Waals surface area contributed by atoms with Crippen LogP contribution in [-0.2, 0) is 0 Å². The Morgan fingerprint density at radius 2 is 2.29 bits per heavy atom. The monoisotopic (exact) mass is 347 g/mol. The minimum atomic E-state index is -0.197. The Hall–Kier alpha value is -0.820. The number of carbonyl (C=O) groups is 1. The van der Waals surface area contributed by atoms with Crippen LogP contribution in [0, 0.1) is 3.57 Å². The molecule has 0 aliphatic carbocycles. The zero-order valence-corrected chi connectivity index (χ0v) is 11.4. The summed E-state index contributed by atoms with van der Waals surface area (Å²) in [7, 11) is 0. The predicted octanol–water partition coefficient (Wildman–Crippen LogP) is 1.59. The number of amides is 1. The molecule has 1 aliphatic rings. The van der Waals surface area contributed by atoms with E-state index in [-0.39, 0.29) is 24.3 Å². The number of rotatable bonds is 2. The number of nitrogens with zero attached hydrogens (tertiary/aromatic N) is 1. The van der Waals surface area contributed by atoms with E-state index < -0.39 is 0 Å². The van der Waals surface area contributed by atoms with Crippen LogP contribution < -0.4 is 0 Å². The van der Waals surface area contributed by atoms with Crippen molar-refractivity contribution in [1.82, 2.24) is 4.90 Å². The average molecular weight is 347 g/mol. The SMILES string of the molecule is O=C(c1cc(I)ccc1O)N1CCC[C@@H]1CO. The first-order valence-corrected chi connectivity index (χ1v) is 6.61. The van der Waals surface area contributed by atoms with E-state index in [1.165, 1.54) is 6.07 Å². The normalized spacial score (nSPS) is 19.6. The lowest BCUT2D eigenvalue weighted by atomic mass is 10.1. The summed E-state index contributed by atoms with van der Waals surface area (Å²) in [5.74, 6) is -0.198. The van der Waals surface area contributed by atoms with E-state index >= 15 is 0 Å². The number of aromatic hydroxyl groups is 1. The van der Waals surface area contributed by atoms with Gasteiger partial charge in [-0.3, -0.25) is 4.79 Å². The number of likely N-dealkylation sites (tertiary alicyclic amines) is 1. The number of halogens is 1. The van der Waals surface area contributed by atoms with Crippen molar-refractivity contribution >= 4 is 28.5 Å². The fraction of sp³-hybridized carbons (Fsp3) is 0.417. The van der Waals surface area contributed by atoms with Gasteiger partial charge in [-0.15, -0.1) is 0 Å². The standard InChI is InChI=1S/C12H14INO3/c13-8-3-4-11(16)10(6-8)12(17)14-5-1-2-9(14)7-15/h3-4,6,9,15-16H,1-2,5,7H2/t9-/m1/s1. The number of hydrogen-bond acceptors (Lipinski definition) is 3. The molecule has 4 nitrogen and oxygen atoms in total. The first kappa shape index (κ1) is 12.6. The molecule has 1 atom stereocenters. The van der Waals surface area contributed by atoms with Crippen molar-refractivity contribution in [1.29, 1.82) is 0 Å². The van der Waals surface area contributed by atoms with E-state index in [2.05, 4.69) is 22.6 Å². The van der Waals surface area contributed by atoms with Crippen molar-refractivity contribution in [2.45, 2.75) is 18.9 Å². The Balaban J connectivity index is 2.27. The van der Waals surface area contributed by atoms with Crippen molar-refractivity contribution < 1.29 is 15.0 Å². The van der Waals surface area contributed by atoms with Gasteiger partial charge in [-0.1, -0.05) is 0 Å². The summed E-state index contributed by atoms with van der Waals surface area (Å²) < 4.78 is 0.906. The van der Waals surface area contributed by atoms with Gasteiger partial charge in [0, 0.05) is 10.1 Å². The summed E-state index contributed by atoms with van der Waals surface area (Å²) in [6.45, 7) is 0.630. The van der Waals surface area contributed by atoms with E-state index in [0.29, 0.717) is 12.1 Å². The van der Waals surface area contributed by atoms with Crippen molar-refractivity contribution in [2.75, 3.05) is 13.2 Å². The number of aliphatic hydroxyl groups excluding tert-OH is 1. The highest BCUT2D eigenvalue weighted by Crippen LogP contribution is 2.25. The fourth-order valence-corrected chi connectivity index (χ4v) is 2.62. The Bertz CT molecular complexity index is 436. The number of carbonyl (C=O) groups excluding carboxylic acids is 1. The molecule has 1 aromatic carbocycles. The maximum atomic E-state index is 12.2. The Morgan fingerprint density at radius 3 is 3.00 bits per heavy atom. The molecule has 1 saturated heterocycles. The van der Waals surface area contributed by atoms with Gasteiger partial charge in [0.15, 0.2) is 0 Å². The third-order valence-corrected chi connectivity index (χ3v) is 3.71. The zero-order chi connectivity index (χ0) is 12.4. The van der Waals surface area contributed by atoms with Crippen molar-refractivity contribution in [2.24, 2.45) is 0 Å². The molecular weight excluding hydrogens is 333 g/mol. The molecular formula is C12H14INO3. The van der Waals surface area contributed by atoms with E-state index in [9.17, 15) is 15.0 Å². The van der Waals surface area contributed by atoms with Crippen LogP contribution in [0.3, 0.4) is 0 Å². The van der Waals surface area contributed by atoms with Crippen molar-refractivity contribution in [3.63, 3.8) is 0 Å². The van der Waals surface area contributed by atoms with Crippen molar-refractivity contribution in [3.8, 4) is 5.75 Å². The van der Waals surface area contributed by atoms with Gasteiger partial charge in [0.05, 0.1) is 18.2 Å². The number of benzene rings is 1. The van der Waals surface area contributed by atoms with Crippen LogP contribution in [-0.4, -0.2) is 40.2 Å². The summed E-state index contributed by atoms with van der Waals surface area (Å²) in [6, 6.07) is 4.84. The highest BCUT2D eigenvalue weighted by atomic mass is 127. The molecule has 0 unspecified atom stereocenters. The summed E-state index contributed by atoms with van der Waals surface area (Å²) in [4.78, 5) is 13.9. The van der Waals surface area contributed by atoms with Gasteiger partial charge in [0.1, 0.15) is 5.75 Å². The molecule has 92 valence electrons. The molecule has 17 heavy (non-hydrogen) atoms. The molecule has 0 spiro atoms. The fourth-order valence-electron chi connectivity index (χ4n) is 2.13. The quantitative estimate of drug-likeness (QED) is 0.799. The molecule has 0 radical (unpaired) electrons. The van der Waals surface area contributed by atoms with Crippen LogP contribution >= 0.6 is 22.6 Å². The maximum absolute atomic E-state index is 12.2. The molecule has 1 amide bonds. The Morgan fingerprint density at radius 1 is 1.53 bits per heavy atom. The highest BCUT2D eigenvalue weighted by Gasteiger charge is 2.30. The van der Waals surface area contributed by atoms with Crippen LogP contribution in [0.2, 0.25) is 0 Å². The molecule has 1 fully saturated rings. The molecule has 2 rings (SSSR count). The summed E-state index contributed by atoms with van der Waals surface area (Å²) in [5, 5.41) is 18.9. The lowest BCUT2D eigenvalue weighted by Gasteiger charge is -2.23. The number of phenols is 1. The molecule has 0 aromatic heterocycles. The highest BCUT2D eigenvalue weighted by molar-refractivity contribution is 14.1. The second-order valence-corrected chi connectivity index (χ2v) is 5.38. The molecule has 0 saturated carbocycles. The summed E-state index contributed by atoms with van der Waals surface area (Å²) in [5.41, 5.74) is 0.317. The largest absolute Gasteiger partial charge is 0.507 e. The first-order chi connectivity index (χ1) is 8.13. The third kappa shape index (κ3) is 2.55. The van der Waals surface area contributed by atoms with Crippen LogP contribution in [0.4, 0.5) is 0 Å². The lowest BCUT2D eigenvalue weighted by Crippen LogP contribution is -2.37. The van der Waals surface area contributed by atoms with Crippen LogP contribution in [0.25, 0.3) is 0 Å². The Kier molecular flexibility index (Phi) is 3.88. The van der Waals surface area contributed by atoms with Crippen LogP contribution in [0.1, 0.15) is 23.2 Å². The maximum Gasteiger partial charge on any atom is 0.257 e. The Labute approximate surface area is 113 Å². The minimum absolute atomic E-state index is 0.000921. The zero-order valence-electron chi connectivity index (χ0n) is 9.27. The summed E-state index contributed by atoms with van der Waals surface area (Å²) in [6.07, 6.45) is 1.73. The van der Waals surface area contributed by atoms with E-state index in [1.54, 1.807) is 17.0 Å². The molecule has 1 heterocycles. The molecule has 2 N–H and O–H groups in total. The van der Waals surface area contributed by atoms with Gasteiger partial charge in [-0.2, -0.15) is 0 Å². The van der Waals surface area contributed by atoms with E-state index in [1.807, 2.05) is 0 Å². The number of phenolic OH excluding ortho intramolecular Hbond substituents is 1. The van der Waals surface area contributed by atoms with Gasteiger partial charge >= 0.3 is 0 Å². The third-order valence-electron chi connectivity index (χ3n) is 3.04. The minimum Gasteiger partial charge on any atom is -0.507 e. The number of hydrogen-bond donors (Lipinski definition) is 2. The van der Waals surface area contributed by atoms with Crippen LogP contribution in [0.15, 0.2) is 18.2 Å². The van der Waals surface area contributed by atoms with E-state index in [4.69, 9.17) is 0 Å². The topological polar surface area (TPSA) is 60.8 Å². The predicted molar refractivity (Wildman–Crippen MR) is 72.0 cm³/mol. The van der Waals surface area contributed by atoms with Crippen molar-refractivity contribution in [3.05, 3.63) is 27.3 Å². The molecule has 1 aliphatic heterocycles. The molecule has 5 heteroatoms.